The third-order valence-corrected chi connectivity index (χ3v) is 27.5. The van der Waals surface area contributed by atoms with E-state index in [-0.39, 0.29) is 0 Å². The Morgan fingerprint density at radius 2 is 1.06 bits per heavy atom. The lowest BCUT2D eigenvalue weighted by Crippen LogP contribution is -2.34. The van der Waals surface area contributed by atoms with E-state index < -0.39 is 24.1 Å². The molecule has 8 heteroatoms. The number of alkyl halides is 1. The molecule has 2 atom stereocenters. The third kappa shape index (κ3) is 14.7. The minimum Gasteiger partial charge on any atom is -0.396 e. The quantitative estimate of drug-likeness (QED) is 0.0883. The van der Waals surface area contributed by atoms with Crippen LogP contribution in [0.1, 0.15) is 72.6 Å². The number of aliphatic imine (C=N–C) groups is 1. The van der Waals surface area contributed by atoms with Crippen LogP contribution in [0.2, 0.25) is 47.3 Å². The van der Waals surface area contributed by atoms with Gasteiger partial charge in [-0.15, -0.1) is 0 Å². The van der Waals surface area contributed by atoms with Crippen LogP contribution in [0.4, 0.5) is 0 Å². The Kier molecular flexibility index (Phi) is 25.6. The second kappa shape index (κ2) is 27.6. The van der Waals surface area contributed by atoms with Gasteiger partial charge in [0.1, 0.15) is 0 Å². The van der Waals surface area contributed by atoms with E-state index in [9.17, 15) is 0 Å². The Morgan fingerprint density at radius 3 is 1.34 bits per heavy atom. The second-order valence-corrected chi connectivity index (χ2v) is 27.8. The fourth-order valence-corrected chi connectivity index (χ4v) is 22.6. The molecule has 1 N–H and O–H groups in total. The molecule has 0 saturated carbocycles. The molecule has 0 aromatic heterocycles. The Morgan fingerprint density at radius 1 is 0.660 bits per heavy atom. The van der Waals surface area contributed by atoms with Gasteiger partial charge in [0, 0.05) is 62.7 Å². The van der Waals surface area contributed by atoms with E-state index in [1.165, 1.54) is 63.3 Å². The zero-order valence-electron chi connectivity index (χ0n) is 31.1. The zero-order valence-corrected chi connectivity index (χ0v) is 40.5. The highest BCUT2D eigenvalue weighted by Crippen LogP contribution is 2.47. The normalized spacial score (nSPS) is 19.2. The smallest absolute Gasteiger partial charge is 0.0562 e. The van der Waals surface area contributed by atoms with Gasteiger partial charge in [0.25, 0.3) is 0 Å². The van der Waals surface area contributed by atoms with Gasteiger partial charge in [-0.1, -0.05) is 209 Å². The van der Waals surface area contributed by atoms with Gasteiger partial charge < -0.3 is 5.11 Å². The topological polar surface area (TPSA) is 32.6 Å². The van der Waals surface area contributed by atoms with Gasteiger partial charge in [-0.3, -0.25) is 4.99 Å². The van der Waals surface area contributed by atoms with Crippen molar-refractivity contribution in [1.82, 2.24) is 0 Å². The molecule has 3 aromatic rings. The van der Waals surface area contributed by atoms with Crippen LogP contribution in [0.5, 0.6) is 0 Å². The van der Waals surface area contributed by atoms with Crippen LogP contribution in [-0.2, 0) is 0 Å². The maximum Gasteiger partial charge on any atom is 0.0562 e. The monoisotopic (exact) mass is 1070 g/mol. The van der Waals surface area contributed by atoms with E-state index in [0.717, 1.165) is 18.4 Å². The first-order valence-electron chi connectivity index (χ1n) is 19.0. The van der Waals surface area contributed by atoms with Crippen molar-refractivity contribution in [2.75, 3.05) is 11.0 Å². The molecule has 6 rings (SSSR count). The van der Waals surface area contributed by atoms with Crippen molar-refractivity contribution < 1.29 is 5.11 Å². The highest BCUT2D eigenvalue weighted by Gasteiger charge is 2.41. The number of hydrogen-bond donors (Lipinski definition) is 1. The molecule has 3 aliphatic rings. The lowest BCUT2D eigenvalue weighted by molar-refractivity contribution is 0.283. The Bertz CT molecular complexity index is 1170. The van der Waals surface area contributed by atoms with Crippen molar-refractivity contribution in [2.45, 2.75) is 120 Å². The number of nitrogens with zero attached hydrogens (tertiary/aromatic N) is 1. The summed E-state index contributed by atoms with van der Waals surface area (Å²) in [6.45, 7) is 10.0. The summed E-state index contributed by atoms with van der Waals surface area (Å²) in [5.74, 6) is 0. The third-order valence-electron chi connectivity index (χ3n) is 11.5. The van der Waals surface area contributed by atoms with E-state index in [1.54, 1.807) is 37.2 Å². The van der Waals surface area contributed by atoms with Crippen LogP contribution in [0.25, 0.3) is 0 Å². The van der Waals surface area contributed by atoms with Crippen molar-refractivity contribution in [2.24, 2.45) is 4.99 Å². The number of rotatable bonds is 11. The molecule has 3 aliphatic heterocycles. The van der Waals surface area contributed by atoms with E-state index >= 15 is 0 Å². The first-order chi connectivity index (χ1) is 24.5. The summed E-state index contributed by atoms with van der Waals surface area (Å²) in [6, 6.07) is 41.5. The lowest BCUT2D eigenvalue weighted by Gasteiger charge is -2.31. The van der Waals surface area contributed by atoms with E-state index in [2.05, 4.69) is 184 Å². The van der Waals surface area contributed by atoms with Gasteiger partial charge >= 0.3 is 0 Å². The van der Waals surface area contributed by atoms with Crippen LogP contribution < -0.4 is 15.9 Å². The average molecular weight is 1070 g/mol. The Hall–Kier alpha value is 0.0838. The molecule has 2 nitrogen and oxygen atoms in total. The number of halogens is 3. The summed E-state index contributed by atoms with van der Waals surface area (Å²) >= 11 is 6.79. The van der Waals surface area contributed by atoms with Gasteiger partial charge in [-0.2, -0.15) is 0 Å². The predicted octanol–water partition coefficient (Wildman–Crippen LogP) is 13.7. The average Bonchev–Trinajstić information content (AvgIpc) is 3.98. The largest absolute Gasteiger partial charge is 0.396 e. The van der Waals surface area contributed by atoms with Crippen molar-refractivity contribution in [3.05, 3.63) is 103 Å². The number of aliphatic hydroxyl groups excluding tert-OH is 1. The van der Waals surface area contributed by atoms with E-state index in [1.807, 2.05) is 12.3 Å². The fourth-order valence-electron chi connectivity index (χ4n) is 8.45. The summed E-state index contributed by atoms with van der Waals surface area (Å²) in [5.41, 5.74) is 2.13. The molecule has 0 aliphatic carbocycles. The van der Waals surface area contributed by atoms with Crippen LogP contribution in [0.3, 0.4) is 0 Å². The lowest BCUT2D eigenvalue weighted by atomic mass is 10.2. The molecule has 0 spiro atoms. The number of hydrogen-bond acceptors (Lipinski definition) is 2. The predicted molar refractivity (Wildman–Crippen MR) is 260 cm³/mol. The second-order valence-electron chi connectivity index (χ2n) is 13.6. The molecule has 3 aromatic carbocycles. The number of allylic oxidation sites excluding steroid dienone is 1. The summed E-state index contributed by atoms with van der Waals surface area (Å²) in [4.78, 5) is 3.78. The molecular formula is C42H63I3NOPSi2. The van der Waals surface area contributed by atoms with Crippen molar-refractivity contribution >= 4 is 106 Å². The fraction of sp³-hybridized carbons (Fsp3) is 0.500. The molecule has 276 valence electrons. The summed E-state index contributed by atoms with van der Waals surface area (Å²) in [6.07, 6.45) is 15.3. The summed E-state index contributed by atoms with van der Waals surface area (Å²) in [7, 11) is -2.07. The molecule has 2 fully saturated rings. The number of benzene rings is 3. The Balaban J connectivity index is 0.000000245. The van der Waals surface area contributed by atoms with Crippen LogP contribution in [0.15, 0.2) is 108 Å². The Labute approximate surface area is 346 Å². The van der Waals surface area contributed by atoms with Crippen molar-refractivity contribution in [3.63, 3.8) is 0 Å². The highest BCUT2D eigenvalue weighted by atomic mass is 128. The van der Waals surface area contributed by atoms with Crippen LogP contribution in [0, 0.1) is 0 Å². The molecule has 2 unspecified atom stereocenters. The van der Waals surface area contributed by atoms with E-state index in [4.69, 9.17) is 5.11 Å². The van der Waals surface area contributed by atoms with E-state index in [0.29, 0.717) is 6.61 Å². The van der Waals surface area contributed by atoms with Gasteiger partial charge in [-0.25, -0.2) is 0 Å². The maximum atomic E-state index is 8.97. The minimum absolute atomic E-state index is 0.416. The standard InChI is InChI=1S/C18H15P.C10H21ISi.C10H22OSi.C4H5N.I2/c1-4-10-16(11-5-1)19(17-12-6-2-7-13-17)18-14-8-3-9-15-18;2*1-3-12(4-2)9-5-6-10(12)7-8-11;1-2-4-5-3-1;1-2/h1-15H;10H,3-9H2,1-2H3;10-11H,3-9H2,1-2H3;1,3-4H,2H2;. The number of aliphatic hydroxyl groups is 1. The summed E-state index contributed by atoms with van der Waals surface area (Å²) in [5, 5.41) is 13.2. The van der Waals surface area contributed by atoms with Gasteiger partial charge in [0.15, 0.2) is 0 Å². The maximum absolute atomic E-state index is 8.97. The molecule has 3 heterocycles. The molecule has 2 saturated heterocycles. The van der Waals surface area contributed by atoms with Gasteiger partial charge in [-0.05, 0) is 52.2 Å². The van der Waals surface area contributed by atoms with Crippen LogP contribution >= 0.6 is 67.7 Å². The van der Waals surface area contributed by atoms with Crippen molar-refractivity contribution in [3.8, 4) is 0 Å². The summed E-state index contributed by atoms with van der Waals surface area (Å²) < 4.78 is 1.39. The molecule has 50 heavy (non-hydrogen) atoms. The zero-order chi connectivity index (χ0) is 36.5. The molecular weight excluding hydrogens is 1000 g/mol. The van der Waals surface area contributed by atoms with Gasteiger partial charge in [0.2, 0.25) is 0 Å². The SMILES string of the molecule is C1=CN=CC1.CC[Si]1(CC)CCCC1CCI.CC[Si]1(CC)CCCC1CCO.II.c1ccc(P(c2ccccc2)c2ccccc2)cc1. The molecule has 0 radical (unpaired) electrons. The highest BCUT2D eigenvalue weighted by molar-refractivity contribution is 15.0. The van der Waals surface area contributed by atoms with Gasteiger partial charge in [0.05, 0.1) is 16.1 Å². The van der Waals surface area contributed by atoms with Crippen molar-refractivity contribution in [1.29, 1.82) is 0 Å². The first kappa shape index (κ1) is 46.2. The first-order valence-corrected chi connectivity index (χ1v) is 33.5. The molecule has 0 amide bonds. The van der Waals surface area contributed by atoms with Crippen LogP contribution in [-0.4, -0.2) is 38.5 Å². The molecule has 0 bridgehead atoms. The minimum atomic E-state index is -0.891.